The molecule has 1 amide bonds. The van der Waals surface area contributed by atoms with E-state index in [9.17, 15) is 4.79 Å². The first-order chi connectivity index (χ1) is 7.93. The summed E-state index contributed by atoms with van der Waals surface area (Å²) in [6.07, 6.45) is 0. The van der Waals surface area contributed by atoms with Gasteiger partial charge in [0.05, 0.1) is 11.6 Å². The average molecular weight is 253 g/mol. The van der Waals surface area contributed by atoms with E-state index >= 15 is 0 Å². The number of halogens is 1. The van der Waals surface area contributed by atoms with Gasteiger partial charge in [-0.25, -0.2) is 4.98 Å². The molecule has 1 unspecified atom stereocenters. The molecule has 0 aliphatic rings. The number of pyridine rings is 1. The van der Waals surface area contributed by atoms with Crippen LogP contribution >= 0.6 is 11.6 Å². The van der Waals surface area contributed by atoms with Gasteiger partial charge < -0.3 is 10.2 Å². The van der Waals surface area contributed by atoms with Crippen LogP contribution in [-0.4, -0.2) is 35.9 Å². The molecular weight excluding hydrogens is 240 g/mol. The molecule has 1 rings (SSSR count). The maximum absolute atomic E-state index is 11.6. The Kier molecular flexibility index (Phi) is 4.30. The Morgan fingerprint density at radius 3 is 2.76 bits per heavy atom. The number of nitrogens with one attached hydrogen (secondary N) is 1. The summed E-state index contributed by atoms with van der Waals surface area (Å²) in [5, 5.41) is 11.9. The largest absolute Gasteiger partial charge is 0.359 e. The highest BCUT2D eigenvalue weighted by Crippen LogP contribution is 2.14. The first-order valence-corrected chi connectivity index (χ1v) is 5.37. The van der Waals surface area contributed by atoms with Crippen molar-refractivity contribution < 1.29 is 4.79 Å². The number of carbonyl (C=O) groups excluding carboxylic acids is 1. The summed E-state index contributed by atoms with van der Waals surface area (Å²) in [5.74, 6) is 0.335. The molecule has 0 radical (unpaired) electrons. The monoisotopic (exact) mass is 252 g/mol. The number of likely N-dealkylation sites (N-methyl/N-ethyl adjacent to an activating group) is 1. The Hall–Kier alpha value is -1.80. The SMILES string of the molecule is CC(Nc1cc(C#N)cc(Cl)n1)C(=O)N(C)C. The van der Waals surface area contributed by atoms with Crippen LogP contribution in [0.3, 0.4) is 0 Å². The first kappa shape index (κ1) is 13.3. The smallest absolute Gasteiger partial charge is 0.244 e. The predicted molar refractivity (Wildman–Crippen MR) is 65.7 cm³/mol. The summed E-state index contributed by atoms with van der Waals surface area (Å²) < 4.78 is 0. The van der Waals surface area contributed by atoms with Crippen molar-refractivity contribution in [3.63, 3.8) is 0 Å². The summed E-state index contributed by atoms with van der Waals surface area (Å²) in [6.45, 7) is 1.72. The Balaban J connectivity index is 2.85. The molecule has 17 heavy (non-hydrogen) atoms. The Bertz CT molecular complexity index is 467. The van der Waals surface area contributed by atoms with Gasteiger partial charge in [0.25, 0.3) is 0 Å². The highest BCUT2D eigenvalue weighted by atomic mass is 35.5. The zero-order chi connectivity index (χ0) is 13.0. The van der Waals surface area contributed by atoms with E-state index < -0.39 is 6.04 Å². The summed E-state index contributed by atoms with van der Waals surface area (Å²) in [6, 6.07) is 4.56. The molecule has 1 aromatic rings. The van der Waals surface area contributed by atoms with E-state index in [1.54, 1.807) is 27.1 Å². The lowest BCUT2D eigenvalue weighted by molar-refractivity contribution is -0.129. The second-order valence-corrected chi connectivity index (χ2v) is 4.16. The minimum Gasteiger partial charge on any atom is -0.359 e. The minimum absolute atomic E-state index is 0.0784. The van der Waals surface area contributed by atoms with Crippen molar-refractivity contribution in [3.05, 3.63) is 22.8 Å². The van der Waals surface area contributed by atoms with Crippen LogP contribution in [0.5, 0.6) is 0 Å². The van der Waals surface area contributed by atoms with Crippen LogP contribution in [0.2, 0.25) is 5.15 Å². The van der Waals surface area contributed by atoms with Gasteiger partial charge in [-0.05, 0) is 19.1 Å². The van der Waals surface area contributed by atoms with Gasteiger partial charge in [-0.2, -0.15) is 5.26 Å². The fraction of sp³-hybridized carbons (Fsp3) is 0.364. The van der Waals surface area contributed by atoms with Crippen molar-refractivity contribution in [2.24, 2.45) is 0 Å². The van der Waals surface area contributed by atoms with Gasteiger partial charge in [0.15, 0.2) is 0 Å². The van der Waals surface area contributed by atoms with E-state index in [1.165, 1.54) is 11.0 Å². The van der Waals surface area contributed by atoms with Gasteiger partial charge in [0.2, 0.25) is 5.91 Å². The number of aromatic nitrogens is 1. The number of rotatable bonds is 3. The third kappa shape index (κ3) is 3.61. The van der Waals surface area contributed by atoms with Gasteiger partial charge in [0, 0.05) is 14.1 Å². The third-order valence-electron chi connectivity index (χ3n) is 2.10. The van der Waals surface area contributed by atoms with Crippen LogP contribution in [0.4, 0.5) is 5.82 Å². The van der Waals surface area contributed by atoms with Crippen molar-refractivity contribution >= 4 is 23.3 Å². The molecule has 0 bridgehead atoms. The molecule has 1 N–H and O–H groups in total. The number of hydrogen-bond acceptors (Lipinski definition) is 4. The van der Waals surface area contributed by atoms with Crippen molar-refractivity contribution in [2.75, 3.05) is 19.4 Å². The Labute approximate surface area is 105 Å². The molecule has 1 aromatic heterocycles. The van der Waals surface area contributed by atoms with E-state index in [0.717, 1.165) is 0 Å². The predicted octanol–water partition coefficient (Wildman–Crippen LogP) is 1.50. The molecule has 1 atom stereocenters. The topological polar surface area (TPSA) is 69.0 Å². The maximum atomic E-state index is 11.6. The summed E-state index contributed by atoms with van der Waals surface area (Å²) in [5.41, 5.74) is 0.400. The van der Waals surface area contributed by atoms with Crippen molar-refractivity contribution in [1.82, 2.24) is 9.88 Å². The first-order valence-electron chi connectivity index (χ1n) is 4.99. The van der Waals surface area contributed by atoms with E-state index in [1.807, 2.05) is 6.07 Å². The molecule has 0 aliphatic carbocycles. The van der Waals surface area contributed by atoms with E-state index in [4.69, 9.17) is 16.9 Å². The number of carbonyl (C=O) groups is 1. The summed E-state index contributed by atoms with van der Waals surface area (Å²) in [4.78, 5) is 17.1. The van der Waals surface area contributed by atoms with Gasteiger partial charge >= 0.3 is 0 Å². The molecule has 90 valence electrons. The average Bonchev–Trinajstić information content (AvgIpc) is 2.26. The summed E-state index contributed by atoms with van der Waals surface area (Å²) >= 11 is 5.76. The molecular formula is C11H13ClN4O. The van der Waals surface area contributed by atoms with Crippen LogP contribution in [0, 0.1) is 11.3 Å². The van der Waals surface area contributed by atoms with Gasteiger partial charge in [-0.3, -0.25) is 4.79 Å². The van der Waals surface area contributed by atoms with E-state index in [0.29, 0.717) is 11.4 Å². The van der Waals surface area contributed by atoms with Crippen molar-refractivity contribution in [3.8, 4) is 6.07 Å². The fourth-order valence-electron chi connectivity index (χ4n) is 1.31. The molecule has 0 saturated carbocycles. The van der Waals surface area contributed by atoms with Gasteiger partial charge in [-0.1, -0.05) is 11.6 Å². The second-order valence-electron chi connectivity index (χ2n) is 3.77. The lowest BCUT2D eigenvalue weighted by Crippen LogP contribution is -2.36. The molecule has 1 heterocycles. The molecule has 5 nitrogen and oxygen atoms in total. The zero-order valence-corrected chi connectivity index (χ0v) is 10.6. The second kappa shape index (κ2) is 5.51. The fourth-order valence-corrected chi connectivity index (χ4v) is 1.51. The van der Waals surface area contributed by atoms with E-state index in [2.05, 4.69) is 10.3 Å². The lowest BCUT2D eigenvalue weighted by atomic mass is 10.2. The standard InChI is InChI=1S/C11H13ClN4O/c1-7(11(17)16(2)3)14-10-5-8(6-13)4-9(12)15-10/h4-5,7H,1-3H3,(H,14,15). The van der Waals surface area contributed by atoms with Crippen LogP contribution in [0.1, 0.15) is 12.5 Å². The molecule has 6 heteroatoms. The van der Waals surface area contributed by atoms with Gasteiger partial charge in [0.1, 0.15) is 17.0 Å². The Morgan fingerprint density at radius 2 is 2.24 bits per heavy atom. The molecule has 0 saturated heterocycles. The van der Waals surface area contributed by atoms with Crippen LogP contribution in [-0.2, 0) is 4.79 Å². The molecule has 0 spiro atoms. The molecule has 0 aliphatic heterocycles. The number of hydrogen-bond donors (Lipinski definition) is 1. The highest BCUT2D eigenvalue weighted by Gasteiger charge is 2.15. The minimum atomic E-state index is -0.428. The zero-order valence-electron chi connectivity index (χ0n) is 9.86. The number of nitriles is 1. The van der Waals surface area contributed by atoms with Crippen LogP contribution in [0.25, 0.3) is 0 Å². The van der Waals surface area contributed by atoms with Crippen molar-refractivity contribution in [1.29, 1.82) is 5.26 Å². The van der Waals surface area contributed by atoms with Crippen LogP contribution in [0.15, 0.2) is 12.1 Å². The maximum Gasteiger partial charge on any atom is 0.244 e. The highest BCUT2D eigenvalue weighted by molar-refractivity contribution is 6.29. The van der Waals surface area contributed by atoms with Gasteiger partial charge in [-0.15, -0.1) is 0 Å². The normalized spacial score (nSPS) is 11.5. The number of nitrogens with zero attached hydrogens (tertiary/aromatic N) is 3. The third-order valence-corrected chi connectivity index (χ3v) is 2.29. The van der Waals surface area contributed by atoms with Crippen LogP contribution < -0.4 is 5.32 Å². The quantitative estimate of drug-likeness (QED) is 0.828. The number of anilines is 1. The lowest BCUT2D eigenvalue weighted by Gasteiger charge is -2.18. The van der Waals surface area contributed by atoms with E-state index in [-0.39, 0.29) is 11.1 Å². The van der Waals surface area contributed by atoms with Crippen molar-refractivity contribution in [2.45, 2.75) is 13.0 Å². The Morgan fingerprint density at radius 1 is 1.59 bits per heavy atom. The molecule has 0 fully saturated rings. The summed E-state index contributed by atoms with van der Waals surface area (Å²) in [7, 11) is 3.35. The molecule has 0 aromatic carbocycles. The number of amides is 1.